The van der Waals surface area contributed by atoms with Gasteiger partial charge in [0.05, 0.1) is 0 Å². The van der Waals surface area contributed by atoms with Crippen molar-refractivity contribution in [3.63, 3.8) is 0 Å². The first-order valence-corrected chi connectivity index (χ1v) is 6.79. The summed E-state index contributed by atoms with van der Waals surface area (Å²) < 4.78 is 0. The number of carbonyl (C=O) groups is 1. The average molecular weight is 271 g/mol. The molecule has 100 valence electrons. The number of thioether (sulfide) groups is 1. The van der Waals surface area contributed by atoms with E-state index < -0.39 is 0 Å². The predicted octanol–water partition coefficient (Wildman–Crippen LogP) is 0.943. The van der Waals surface area contributed by atoms with Crippen LogP contribution >= 0.6 is 11.8 Å². The highest BCUT2D eigenvalue weighted by atomic mass is 32.2. The number of hydrogen-bond donors (Lipinski definition) is 4. The molecular weight excluding hydrogens is 254 g/mol. The van der Waals surface area contributed by atoms with Gasteiger partial charge in [-0.15, -0.1) is 0 Å². The smallest absolute Gasteiger partial charge is 0.251 e. The van der Waals surface area contributed by atoms with Gasteiger partial charge in [-0.2, -0.15) is 11.8 Å². The summed E-state index contributed by atoms with van der Waals surface area (Å²) in [5.41, 5.74) is 0.311. The first-order chi connectivity index (χ1) is 8.65. The Bertz CT molecular complexity index is 398. The van der Waals surface area contributed by atoms with Crippen molar-refractivity contribution in [2.24, 2.45) is 0 Å². The monoisotopic (exact) mass is 271 g/mol. The Hall–Kier alpha value is -1.40. The Labute approximate surface area is 110 Å². The zero-order chi connectivity index (χ0) is 13.4. The van der Waals surface area contributed by atoms with E-state index in [1.165, 1.54) is 18.2 Å². The van der Waals surface area contributed by atoms with Gasteiger partial charge in [-0.1, -0.05) is 0 Å². The molecule has 0 saturated heterocycles. The number of aromatic hydroxyl groups is 2. The average Bonchev–Trinajstić information content (AvgIpc) is 2.36. The molecule has 1 aromatic carbocycles. The van der Waals surface area contributed by atoms with Crippen LogP contribution < -0.4 is 5.32 Å². The summed E-state index contributed by atoms with van der Waals surface area (Å²) in [4.78, 5) is 11.6. The quantitative estimate of drug-likeness (QED) is 0.438. The van der Waals surface area contributed by atoms with Crippen molar-refractivity contribution in [2.45, 2.75) is 6.42 Å². The van der Waals surface area contributed by atoms with Crippen molar-refractivity contribution in [1.82, 2.24) is 5.32 Å². The molecule has 0 aliphatic rings. The first-order valence-electron chi connectivity index (χ1n) is 5.64. The van der Waals surface area contributed by atoms with Gasteiger partial charge in [0.15, 0.2) is 11.5 Å². The Morgan fingerprint density at radius 1 is 1.22 bits per heavy atom. The van der Waals surface area contributed by atoms with Crippen LogP contribution in [0.1, 0.15) is 16.8 Å². The van der Waals surface area contributed by atoms with Gasteiger partial charge in [-0.3, -0.25) is 4.79 Å². The molecular formula is C12H17NO4S. The van der Waals surface area contributed by atoms with E-state index in [4.69, 9.17) is 10.2 Å². The molecule has 0 atom stereocenters. The molecule has 0 unspecified atom stereocenters. The second-order valence-corrected chi connectivity index (χ2v) is 4.87. The number of hydrogen-bond acceptors (Lipinski definition) is 5. The number of rotatable bonds is 7. The molecule has 0 aliphatic carbocycles. The van der Waals surface area contributed by atoms with E-state index in [1.807, 2.05) is 0 Å². The van der Waals surface area contributed by atoms with Crippen molar-refractivity contribution in [1.29, 1.82) is 0 Å². The molecule has 0 heterocycles. The molecule has 0 bridgehead atoms. The second-order valence-electron chi connectivity index (χ2n) is 3.65. The molecule has 5 nitrogen and oxygen atoms in total. The summed E-state index contributed by atoms with van der Waals surface area (Å²) >= 11 is 1.66. The highest BCUT2D eigenvalue weighted by molar-refractivity contribution is 7.99. The maximum absolute atomic E-state index is 11.6. The summed E-state index contributed by atoms with van der Waals surface area (Å²) in [7, 11) is 0. The van der Waals surface area contributed by atoms with Crippen molar-refractivity contribution < 1.29 is 20.1 Å². The molecule has 1 amide bonds. The minimum Gasteiger partial charge on any atom is -0.504 e. The predicted molar refractivity (Wildman–Crippen MR) is 71.1 cm³/mol. The molecule has 0 aliphatic heterocycles. The molecule has 0 spiro atoms. The second kappa shape index (κ2) is 7.84. The number of carbonyl (C=O) groups excluding carboxylic acids is 1. The zero-order valence-corrected chi connectivity index (χ0v) is 10.7. The molecule has 6 heteroatoms. The molecule has 1 aromatic rings. The maximum atomic E-state index is 11.6. The topological polar surface area (TPSA) is 89.8 Å². The Kier molecular flexibility index (Phi) is 6.38. The van der Waals surface area contributed by atoms with Crippen molar-refractivity contribution in [3.8, 4) is 11.5 Å². The van der Waals surface area contributed by atoms with E-state index in [0.717, 1.165) is 17.9 Å². The van der Waals surface area contributed by atoms with Crippen LogP contribution in [0.5, 0.6) is 11.5 Å². The maximum Gasteiger partial charge on any atom is 0.251 e. The number of benzene rings is 1. The fourth-order valence-corrected chi connectivity index (χ4v) is 2.06. The number of nitrogens with one attached hydrogen (secondary N) is 1. The van der Waals surface area contributed by atoms with Gasteiger partial charge in [0.25, 0.3) is 5.91 Å². The van der Waals surface area contributed by atoms with Gasteiger partial charge >= 0.3 is 0 Å². The summed E-state index contributed by atoms with van der Waals surface area (Å²) in [5.74, 6) is 0.807. The van der Waals surface area contributed by atoms with Crippen molar-refractivity contribution in [2.75, 3.05) is 24.7 Å². The third-order valence-electron chi connectivity index (χ3n) is 2.22. The lowest BCUT2D eigenvalue weighted by molar-refractivity contribution is 0.0955. The van der Waals surface area contributed by atoms with Crippen LogP contribution in [0.4, 0.5) is 0 Å². The van der Waals surface area contributed by atoms with Gasteiger partial charge in [-0.25, -0.2) is 0 Å². The molecule has 18 heavy (non-hydrogen) atoms. The normalized spacial score (nSPS) is 10.3. The highest BCUT2D eigenvalue weighted by Gasteiger charge is 2.07. The van der Waals surface area contributed by atoms with Crippen LogP contribution in [-0.2, 0) is 0 Å². The van der Waals surface area contributed by atoms with Gasteiger partial charge in [0.1, 0.15) is 0 Å². The number of amides is 1. The summed E-state index contributed by atoms with van der Waals surface area (Å²) in [6, 6.07) is 3.95. The van der Waals surface area contributed by atoms with Crippen LogP contribution in [0.25, 0.3) is 0 Å². The molecule has 0 aromatic heterocycles. The van der Waals surface area contributed by atoms with Crippen LogP contribution in [0, 0.1) is 0 Å². The molecule has 0 radical (unpaired) electrons. The number of phenols is 2. The zero-order valence-electron chi connectivity index (χ0n) is 9.93. The minimum absolute atomic E-state index is 0.187. The molecule has 0 fully saturated rings. The summed E-state index contributed by atoms with van der Waals surface area (Å²) in [6.07, 6.45) is 0.754. The lowest BCUT2D eigenvalue weighted by atomic mass is 10.2. The third-order valence-corrected chi connectivity index (χ3v) is 3.29. The van der Waals surface area contributed by atoms with Crippen molar-refractivity contribution >= 4 is 17.7 Å². The van der Waals surface area contributed by atoms with Crippen LogP contribution in [-0.4, -0.2) is 45.9 Å². The van der Waals surface area contributed by atoms with E-state index >= 15 is 0 Å². The minimum atomic E-state index is -0.306. The highest BCUT2D eigenvalue weighted by Crippen LogP contribution is 2.24. The number of phenolic OH excluding ortho intramolecular Hbond substituents is 2. The van der Waals surface area contributed by atoms with Crippen LogP contribution in [0.15, 0.2) is 18.2 Å². The molecule has 1 rings (SSSR count). The number of aliphatic hydroxyl groups excluding tert-OH is 1. The Morgan fingerprint density at radius 3 is 2.67 bits per heavy atom. The Balaban J connectivity index is 2.30. The van der Waals surface area contributed by atoms with Gasteiger partial charge in [0.2, 0.25) is 0 Å². The van der Waals surface area contributed by atoms with E-state index in [2.05, 4.69) is 5.32 Å². The van der Waals surface area contributed by atoms with Gasteiger partial charge in [0, 0.05) is 24.5 Å². The van der Waals surface area contributed by atoms with E-state index in [0.29, 0.717) is 12.1 Å². The molecule has 0 saturated carbocycles. The largest absolute Gasteiger partial charge is 0.504 e. The number of aliphatic hydroxyl groups is 1. The van der Waals surface area contributed by atoms with Gasteiger partial charge < -0.3 is 20.6 Å². The SMILES string of the molecule is O=C(NCCSCCCO)c1ccc(O)c(O)c1. The van der Waals surface area contributed by atoms with Crippen molar-refractivity contribution in [3.05, 3.63) is 23.8 Å². The van der Waals surface area contributed by atoms with E-state index in [-0.39, 0.29) is 24.0 Å². The summed E-state index contributed by atoms with van der Waals surface area (Å²) in [5, 5.41) is 29.7. The lowest BCUT2D eigenvalue weighted by Crippen LogP contribution is -2.25. The van der Waals surface area contributed by atoms with Gasteiger partial charge in [-0.05, 0) is 30.4 Å². The van der Waals surface area contributed by atoms with Crippen LogP contribution in [0.3, 0.4) is 0 Å². The lowest BCUT2D eigenvalue weighted by Gasteiger charge is -2.06. The Morgan fingerprint density at radius 2 is 2.00 bits per heavy atom. The fraction of sp³-hybridized carbons (Fsp3) is 0.417. The first kappa shape index (κ1) is 14.7. The summed E-state index contributed by atoms with van der Waals surface area (Å²) in [6.45, 7) is 0.711. The van der Waals surface area contributed by atoms with E-state index in [9.17, 15) is 9.90 Å². The van der Waals surface area contributed by atoms with Crippen LogP contribution in [0.2, 0.25) is 0 Å². The standard InChI is InChI=1S/C12H17NO4S/c14-5-1-6-18-7-4-13-12(17)9-2-3-10(15)11(16)8-9/h2-3,8,14-16H,1,4-7H2,(H,13,17). The third kappa shape index (κ3) is 4.85. The molecule has 4 N–H and O–H groups in total. The van der Waals surface area contributed by atoms with E-state index in [1.54, 1.807) is 11.8 Å². The fourth-order valence-electron chi connectivity index (χ4n) is 1.27.